The fraction of sp³-hybridized carbons (Fsp3) is 0.250. The van der Waals surface area contributed by atoms with Gasteiger partial charge in [-0.25, -0.2) is 4.39 Å². The van der Waals surface area contributed by atoms with Crippen molar-refractivity contribution in [1.29, 1.82) is 0 Å². The Hall–Kier alpha value is -2.25. The molecule has 3 N–H and O–H groups in total. The van der Waals surface area contributed by atoms with E-state index >= 15 is 0 Å². The standard InChI is InChI=1S/C12H12F4N4/c1-20-11(17)7(6-19-20)5-18-10-3-2-8(4-9(10)13)12(14,15)16/h2-4,6,18H,5,17H2,1H3. The average Bonchev–Trinajstić information content (AvgIpc) is 2.67. The van der Waals surface area contributed by atoms with Gasteiger partial charge in [-0.15, -0.1) is 0 Å². The first-order chi connectivity index (χ1) is 9.29. The number of alkyl halides is 3. The molecule has 108 valence electrons. The molecule has 0 atom stereocenters. The van der Waals surface area contributed by atoms with Crippen molar-refractivity contribution in [2.45, 2.75) is 12.7 Å². The van der Waals surface area contributed by atoms with E-state index in [4.69, 9.17) is 5.73 Å². The Bertz CT molecular complexity index is 618. The highest BCUT2D eigenvalue weighted by molar-refractivity contribution is 5.49. The maximum absolute atomic E-state index is 13.6. The van der Waals surface area contributed by atoms with E-state index in [0.717, 1.165) is 12.1 Å². The van der Waals surface area contributed by atoms with Crippen LogP contribution >= 0.6 is 0 Å². The molecule has 0 unspecified atom stereocenters. The summed E-state index contributed by atoms with van der Waals surface area (Å²) in [7, 11) is 1.65. The number of nitrogens with two attached hydrogens (primary N) is 1. The number of nitrogen functional groups attached to an aromatic ring is 1. The molecule has 2 rings (SSSR count). The summed E-state index contributed by atoms with van der Waals surface area (Å²) in [5.41, 5.74) is 5.28. The second-order valence-electron chi connectivity index (χ2n) is 4.22. The molecule has 0 saturated carbocycles. The minimum absolute atomic E-state index is 0.0266. The van der Waals surface area contributed by atoms with Crippen LogP contribution in [0.2, 0.25) is 0 Å². The van der Waals surface area contributed by atoms with Crippen molar-refractivity contribution < 1.29 is 17.6 Å². The van der Waals surface area contributed by atoms with Crippen LogP contribution in [0.1, 0.15) is 11.1 Å². The third-order valence-corrected chi connectivity index (χ3v) is 2.83. The highest BCUT2D eigenvalue weighted by atomic mass is 19.4. The molecule has 20 heavy (non-hydrogen) atoms. The minimum atomic E-state index is -4.56. The third-order valence-electron chi connectivity index (χ3n) is 2.83. The minimum Gasteiger partial charge on any atom is -0.384 e. The summed E-state index contributed by atoms with van der Waals surface area (Å²) in [5, 5.41) is 6.59. The number of aromatic nitrogens is 2. The first-order valence-electron chi connectivity index (χ1n) is 5.66. The van der Waals surface area contributed by atoms with E-state index in [-0.39, 0.29) is 12.2 Å². The van der Waals surface area contributed by atoms with Crippen LogP contribution in [0, 0.1) is 5.82 Å². The Labute approximate surface area is 112 Å². The largest absolute Gasteiger partial charge is 0.416 e. The van der Waals surface area contributed by atoms with E-state index in [2.05, 4.69) is 10.4 Å². The highest BCUT2D eigenvalue weighted by Crippen LogP contribution is 2.31. The molecule has 0 aliphatic carbocycles. The van der Waals surface area contributed by atoms with Crippen LogP contribution in [0.3, 0.4) is 0 Å². The lowest BCUT2D eigenvalue weighted by Gasteiger charge is -2.10. The molecule has 0 saturated heterocycles. The fourth-order valence-corrected chi connectivity index (χ4v) is 1.65. The summed E-state index contributed by atoms with van der Waals surface area (Å²) in [6.45, 7) is 0.169. The molecule has 4 nitrogen and oxygen atoms in total. The van der Waals surface area contributed by atoms with Crippen molar-refractivity contribution in [1.82, 2.24) is 9.78 Å². The van der Waals surface area contributed by atoms with E-state index in [1.165, 1.54) is 10.9 Å². The molecule has 0 spiro atoms. The Morgan fingerprint density at radius 2 is 2.05 bits per heavy atom. The van der Waals surface area contributed by atoms with E-state index in [0.29, 0.717) is 17.4 Å². The summed E-state index contributed by atoms with van der Waals surface area (Å²) in [4.78, 5) is 0. The second-order valence-corrected chi connectivity index (χ2v) is 4.22. The number of hydrogen-bond acceptors (Lipinski definition) is 3. The zero-order chi connectivity index (χ0) is 14.9. The van der Waals surface area contributed by atoms with Gasteiger partial charge in [0.1, 0.15) is 11.6 Å². The Morgan fingerprint density at radius 1 is 1.35 bits per heavy atom. The SMILES string of the molecule is Cn1ncc(CNc2ccc(C(F)(F)F)cc2F)c1N. The lowest BCUT2D eigenvalue weighted by atomic mass is 10.2. The van der Waals surface area contributed by atoms with Gasteiger partial charge in [0.05, 0.1) is 17.4 Å². The van der Waals surface area contributed by atoms with Crippen LogP contribution in [-0.2, 0) is 19.8 Å². The van der Waals surface area contributed by atoms with Gasteiger partial charge >= 0.3 is 6.18 Å². The van der Waals surface area contributed by atoms with Gasteiger partial charge in [0.15, 0.2) is 0 Å². The number of hydrogen-bond donors (Lipinski definition) is 2. The maximum Gasteiger partial charge on any atom is 0.416 e. The molecule has 0 bridgehead atoms. The number of aryl methyl sites for hydroxylation is 1. The van der Waals surface area contributed by atoms with Crippen molar-refractivity contribution in [3.63, 3.8) is 0 Å². The lowest BCUT2D eigenvalue weighted by molar-refractivity contribution is -0.137. The second kappa shape index (κ2) is 5.03. The van der Waals surface area contributed by atoms with Gasteiger partial charge < -0.3 is 11.1 Å². The summed E-state index contributed by atoms with van der Waals surface area (Å²) in [6, 6.07) is 2.32. The maximum atomic E-state index is 13.6. The monoisotopic (exact) mass is 288 g/mol. The molecule has 8 heteroatoms. The van der Waals surface area contributed by atoms with Crippen LogP contribution < -0.4 is 11.1 Å². The number of halogens is 4. The third kappa shape index (κ3) is 2.84. The van der Waals surface area contributed by atoms with Crippen LogP contribution in [-0.4, -0.2) is 9.78 Å². The number of benzene rings is 1. The smallest absolute Gasteiger partial charge is 0.384 e. The topological polar surface area (TPSA) is 55.9 Å². The van der Waals surface area contributed by atoms with E-state index in [1.807, 2.05) is 0 Å². The number of nitrogens with one attached hydrogen (secondary N) is 1. The summed E-state index contributed by atoms with van der Waals surface area (Å²) >= 11 is 0. The van der Waals surface area contributed by atoms with Crippen LogP contribution in [0.15, 0.2) is 24.4 Å². The van der Waals surface area contributed by atoms with Gasteiger partial charge in [-0.05, 0) is 18.2 Å². The van der Waals surface area contributed by atoms with Crippen molar-refractivity contribution in [3.8, 4) is 0 Å². The van der Waals surface area contributed by atoms with Crippen molar-refractivity contribution >= 4 is 11.5 Å². The average molecular weight is 288 g/mol. The predicted molar refractivity (Wildman–Crippen MR) is 66.3 cm³/mol. The van der Waals surface area contributed by atoms with Gasteiger partial charge in [0.2, 0.25) is 0 Å². The van der Waals surface area contributed by atoms with Gasteiger partial charge in [-0.3, -0.25) is 4.68 Å². The Kier molecular flexibility index (Phi) is 3.56. The predicted octanol–water partition coefficient (Wildman–Crippen LogP) is 2.77. The highest BCUT2D eigenvalue weighted by Gasteiger charge is 2.31. The van der Waals surface area contributed by atoms with Gasteiger partial charge in [-0.2, -0.15) is 18.3 Å². The molecular weight excluding hydrogens is 276 g/mol. The van der Waals surface area contributed by atoms with E-state index < -0.39 is 17.6 Å². The van der Waals surface area contributed by atoms with Gasteiger partial charge in [0.25, 0.3) is 0 Å². The normalized spacial score (nSPS) is 11.7. The van der Waals surface area contributed by atoms with Crippen molar-refractivity contribution in [2.75, 3.05) is 11.1 Å². The molecule has 1 aromatic carbocycles. The lowest BCUT2D eigenvalue weighted by Crippen LogP contribution is -2.08. The van der Waals surface area contributed by atoms with Gasteiger partial charge in [-0.1, -0.05) is 0 Å². The van der Waals surface area contributed by atoms with Crippen molar-refractivity contribution in [3.05, 3.63) is 41.3 Å². The molecule has 0 radical (unpaired) electrons. The van der Waals surface area contributed by atoms with E-state index in [9.17, 15) is 17.6 Å². The summed E-state index contributed by atoms with van der Waals surface area (Å²) in [5.74, 6) is -0.563. The molecule has 0 fully saturated rings. The molecule has 2 aromatic rings. The quantitative estimate of drug-likeness (QED) is 0.854. The number of nitrogens with zero attached hydrogens (tertiary/aromatic N) is 2. The zero-order valence-electron chi connectivity index (χ0n) is 10.5. The first kappa shape index (κ1) is 14.2. The molecule has 0 amide bonds. The van der Waals surface area contributed by atoms with Crippen molar-refractivity contribution in [2.24, 2.45) is 7.05 Å². The molecule has 1 aromatic heterocycles. The molecule has 1 heterocycles. The molecule has 0 aliphatic rings. The summed E-state index contributed by atoms with van der Waals surface area (Å²) in [6.07, 6.45) is -3.06. The number of rotatable bonds is 3. The Balaban J connectivity index is 2.13. The fourth-order valence-electron chi connectivity index (χ4n) is 1.65. The summed E-state index contributed by atoms with van der Waals surface area (Å²) < 4.78 is 52.2. The van der Waals surface area contributed by atoms with Crippen LogP contribution in [0.5, 0.6) is 0 Å². The zero-order valence-corrected chi connectivity index (χ0v) is 10.5. The first-order valence-corrected chi connectivity index (χ1v) is 5.66. The van der Waals surface area contributed by atoms with Crippen LogP contribution in [0.25, 0.3) is 0 Å². The number of anilines is 2. The molecular formula is C12H12F4N4. The Morgan fingerprint density at radius 3 is 2.55 bits per heavy atom. The van der Waals surface area contributed by atoms with Gasteiger partial charge in [0, 0.05) is 19.2 Å². The van der Waals surface area contributed by atoms with Crippen LogP contribution in [0.4, 0.5) is 29.1 Å². The van der Waals surface area contributed by atoms with E-state index in [1.54, 1.807) is 7.05 Å². The molecule has 0 aliphatic heterocycles.